The second kappa shape index (κ2) is 5.19. The molecular weight excluding hydrogens is 217 g/mol. The molecule has 1 heterocycles. The van der Waals surface area contributed by atoms with Gasteiger partial charge in [0.25, 0.3) is 0 Å². The Morgan fingerprint density at radius 2 is 1.94 bits per heavy atom. The van der Waals surface area contributed by atoms with Crippen molar-refractivity contribution in [3.63, 3.8) is 0 Å². The number of rotatable bonds is 2. The van der Waals surface area contributed by atoms with Gasteiger partial charge < -0.3 is 5.32 Å². The van der Waals surface area contributed by atoms with Crippen LogP contribution in [0.2, 0.25) is 0 Å². The number of alkyl halides is 3. The minimum atomic E-state index is -4.18. The number of piperazine rings is 1. The van der Waals surface area contributed by atoms with E-state index in [1.54, 1.807) is 0 Å². The highest BCUT2D eigenvalue weighted by atomic mass is 19.4. The molecule has 1 aliphatic heterocycles. The van der Waals surface area contributed by atoms with E-state index in [2.05, 4.69) is 10.6 Å². The van der Waals surface area contributed by atoms with Crippen molar-refractivity contribution in [2.24, 2.45) is 5.92 Å². The van der Waals surface area contributed by atoms with Gasteiger partial charge in [0.2, 0.25) is 0 Å². The van der Waals surface area contributed by atoms with E-state index in [9.17, 15) is 13.2 Å². The molecule has 0 aromatic carbocycles. The first-order chi connectivity index (χ1) is 7.30. The van der Waals surface area contributed by atoms with Crippen LogP contribution in [0.4, 0.5) is 13.2 Å². The molecule has 1 fully saturated rings. The maximum absolute atomic E-state index is 12.5. The van der Waals surface area contributed by atoms with Crippen LogP contribution in [0.3, 0.4) is 0 Å². The topological polar surface area (TPSA) is 24.1 Å². The summed E-state index contributed by atoms with van der Waals surface area (Å²) in [6, 6.07) is -1.69. The van der Waals surface area contributed by atoms with Crippen molar-refractivity contribution in [1.82, 2.24) is 10.6 Å². The van der Waals surface area contributed by atoms with E-state index in [4.69, 9.17) is 0 Å². The summed E-state index contributed by atoms with van der Waals surface area (Å²) < 4.78 is 37.5. The highest BCUT2D eigenvalue weighted by Crippen LogP contribution is 2.22. The van der Waals surface area contributed by atoms with Gasteiger partial charge in [-0.2, -0.15) is 13.2 Å². The zero-order valence-electron chi connectivity index (χ0n) is 9.81. The molecule has 0 aromatic heterocycles. The van der Waals surface area contributed by atoms with E-state index in [1.165, 1.54) is 0 Å². The maximum Gasteiger partial charge on any atom is 0.405 e. The molecule has 3 atom stereocenters. The molecule has 16 heavy (non-hydrogen) atoms. The van der Waals surface area contributed by atoms with Crippen LogP contribution in [0, 0.1) is 5.92 Å². The van der Waals surface area contributed by atoms with Crippen LogP contribution in [-0.4, -0.2) is 30.8 Å². The van der Waals surface area contributed by atoms with Crippen LogP contribution in [0.5, 0.6) is 0 Å². The Morgan fingerprint density at radius 3 is 2.44 bits per heavy atom. The van der Waals surface area contributed by atoms with Gasteiger partial charge in [0.05, 0.1) is 0 Å². The highest BCUT2D eigenvalue weighted by Gasteiger charge is 2.43. The van der Waals surface area contributed by atoms with Gasteiger partial charge in [-0.15, -0.1) is 0 Å². The van der Waals surface area contributed by atoms with Crippen molar-refractivity contribution in [2.45, 2.75) is 45.1 Å². The zero-order chi connectivity index (χ0) is 12.3. The first kappa shape index (κ1) is 13.5. The third-order valence-electron chi connectivity index (χ3n) is 2.67. The van der Waals surface area contributed by atoms with Crippen LogP contribution in [0.1, 0.15) is 20.8 Å². The molecule has 5 heteroatoms. The number of hydrogen-bond acceptors (Lipinski definition) is 2. The Hall–Kier alpha value is -0.550. The Morgan fingerprint density at radius 1 is 1.31 bits per heavy atom. The van der Waals surface area contributed by atoms with Crippen LogP contribution < -0.4 is 10.6 Å². The molecule has 0 radical (unpaired) electrons. The molecule has 0 unspecified atom stereocenters. The van der Waals surface area contributed by atoms with E-state index < -0.39 is 12.2 Å². The lowest BCUT2D eigenvalue weighted by atomic mass is 10.0. The van der Waals surface area contributed by atoms with E-state index in [-0.39, 0.29) is 18.6 Å². The van der Waals surface area contributed by atoms with Crippen molar-refractivity contribution in [1.29, 1.82) is 0 Å². The fourth-order valence-corrected chi connectivity index (χ4v) is 1.64. The lowest BCUT2D eigenvalue weighted by Crippen LogP contribution is -2.63. The fraction of sp³-hybridized carbons (Fsp3) is 0.818. The van der Waals surface area contributed by atoms with Crippen LogP contribution in [0.15, 0.2) is 12.2 Å². The Labute approximate surface area is 94.3 Å². The second-order valence-corrected chi connectivity index (χ2v) is 4.61. The van der Waals surface area contributed by atoms with Crippen molar-refractivity contribution in [3.05, 3.63) is 12.2 Å². The predicted molar refractivity (Wildman–Crippen MR) is 58.2 cm³/mol. The third kappa shape index (κ3) is 3.79. The van der Waals surface area contributed by atoms with E-state index in [1.807, 2.05) is 32.9 Å². The zero-order valence-corrected chi connectivity index (χ0v) is 9.81. The van der Waals surface area contributed by atoms with Gasteiger partial charge in [-0.1, -0.05) is 26.0 Å². The molecule has 0 spiro atoms. The highest BCUT2D eigenvalue weighted by molar-refractivity contribution is 5.04. The molecule has 0 amide bonds. The lowest BCUT2D eigenvalue weighted by Gasteiger charge is -2.36. The average molecular weight is 236 g/mol. The largest absolute Gasteiger partial charge is 0.405 e. The number of nitrogens with one attached hydrogen (secondary N) is 2. The van der Waals surface area contributed by atoms with Crippen molar-refractivity contribution in [2.75, 3.05) is 6.54 Å². The van der Waals surface area contributed by atoms with Gasteiger partial charge in [0, 0.05) is 18.6 Å². The molecule has 0 aromatic rings. The minimum absolute atomic E-state index is 0.0219. The summed E-state index contributed by atoms with van der Waals surface area (Å²) in [5.41, 5.74) is 0. The first-order valence-corrected chi connectivity index (χ1v) is 5.55. The smallest absolute Gasteiger partial charge is 0.310 e. The summed E-state index contributed by atoms with van der Waals surface area (Å²) in [5.74, 6) is 0.347. The van der Waals surface area contributed by atoms with Crippen molar-refractivity contribution >= 4 is 0 Å². The molecule has 2 nitrogen and oxygen atoms in total. The van der Waals surface area contributed by atoms with Gasteiger partial charge in [0.15, 0.2) is 0 Å². The van der Waals surface area contributed by atoms with Crippen LogP contribution >= 0.6 is 0 Å². The van der Waals surface area contributed by atoms with E-state index in [0.717, 1.165) is 0 Å². The minimum Gasteiger partial charge on any atom is -0.310 e. The quantitative estimate of drug-likeness (QED) is 0.717. The van der Waals surface area contributed by atoms with Gasteiger partial charge in [-0.25, -0.2) is 0 Å². The molecule has 1 rings (SSSR count). The summed E-state index contributed by atoms with van der Waals surface area (Å²) >= 11 is 0. The maximum atomic E-state index is 12.5. The monoisotopic (exact) mass is 236 g/mol. The van der Waals surface area contributed by atoms with E-state index >= 15 is 0 Å². The lowest BCUT2D eigenvalue weighted by molar-refractivity contribution is -0.160. The summed E-state index contributed by atoms with van der Waals surface area (Å²) in [6.07, 6.45) is -0.439. The normalized spacial score (nSPS) is 32.6. The van der Waals surface area contributed by atoms with Gasteiger partial charge >= 0.3 is 6.18 Å². The Balaban J connectivity index is 2.62. The number of hydrogen-bond donors (Lipinski definition) is 2. The summed E-state index contributed by atoms with van der Waals surface area (Å²) in [7, 11) is 0. The second-order valence-electron chi connectivity index (χ2n) is 4.61. The van der Waals surface area contributed by atoms with Crippen molar-refractivity contribution < 1.29 is 13.2 Å². The molecule has 1 saturated heterocycles. The molecule has 2 N–H and O–H groups in total. The van der Waals surface area contributed by atoms with Crippen LogP contribution in [-0.2, 0) is 0 Å². The SMILES string of the molecule is CC(C)/C=C\[C@H]1N[C@@H](C(F)(F)F)CN[C@H]1C. The Kier molecular flexibility index (Phi) is 4.38. The Bertz CT molecular complexity index is 248. The predicted octanol–water partition coefficient (Wildman–Crippen LogP) is 2.08. The van der Waals surface area contributed by atoms with E-state index in [0.29, 0.717) is 5.92 Å². The first-order valence-electron chi connectivity index (χ1n) is 5.55. The van der Waals surface area contributed by atoms with Crippen molar-refractivity contribution in [3.8, 4) is 0 Å². The van der Waals surface area contributed by atoms with Gasteiger partial charge in [-0.3, -0.25) is 5.32 Å². The molecule has 1 aliphatic rings. The standard InChI is InChI=1S/C11H19F3N2/c1-7(2)4-5-9-8(3)15-6-10(16-9)11(12,13)14/h4-5,7-10,15-16H,6H2,1-3H3/b5-4-/t8-,9+,10+/m0/s1. The molecule has 0 bridgehead atoms. The van der Waals surface area contributed by atoms with Crippen LogP contribution in [0.25, 0.3) is 0 Å². The fourth-order valence-electron chi connectivity index (χ4n) is 1.64. The number of halogens is 3. The van der Waals surface area contributed by atoms with Gasteiger partial charge in [-0.05, 0) is 12.8 Å². The number of allylic oxidation sites excluding steroid dienone is 1. The molecule has 0 aliphatic carbocycles. The summed E-state index contributed by atoms with van der Waals surface area (Å²) in [4.78, 5) is 0. The third-order valence-corrected chi connectivity index (χ3v) is 2.67. The summed E-state index contributed by atoms with van der Waals surface area (Å²) in [5, 5.41) is 5.50. The molecule has 94 valence electrons. The summed E-state index contributed by atoms with van der Waals surface area (Å²) in [6.45, 7) is 5.82. The molecular formula is C11H19F3N2. The average Bonchev–Trinajstić information content (AvgIpc) is 2.14. The van der Waals surface area contributed by atoms with Gasteiger partial charge in [0.1, 0.15) is 6.04 Å². The molecule has 0 saturated carbocycles.